The van der Waals surface area contributed by atoms with Crippen molar-refractivity contribution in [1.82, 2.24) is 9.88 Å². The fourth-order valence-corrected chi connectivity index (χ4v) is 5.06. The van der Waals surface area contributed by atoms with Gasteiger partial charge in [0.2, 0.25) is 11.6 Å². The maximum Gasteiger partial charge on any atom is 0.310 e. The van der Waals surface area contributed by atoms with Crippen molar-refractivity contribution in [2.75, 3.05) is 44.7 Å². The molecule has 0 spiro atoms. The van der Waals surface area contributed by atoms with Crippen LogP contribution in [0.2, 0.25) is 0 Å². The Morgan fingerprint density at radius 3 is 2.60 bits per heavy atom. The predicted octanol–water partition coefficient (Wildman–Crippen LogP) is 4.41. The number of hydrogen-bond donors (Lipinski definition) is 3. The summed E-state index contributed by atoms with van der Waals surface area (Å²) in [6, 6.07) is 10.7. The molecule has 0 amide bonds. The van der Waals surface area contributed by atoms with Crippen molar-refractivity contribution in [1.29, 1.82) is 5.41 Å². The number of aromatic hydroxyl groups is 1. The van der Waals surface area contributed by atoms with Crippen molar-refractivity contribution in [2.45, 2.75) is 19.8 Å². The quantitative estimate of drug-likeness (QED) is 0.186. The Labute approximate surface area is 247 Å². The number of aromatic nitrogens is 1. The highest BCUT2D eigenvalue weighted by molar-refractivity contribution is 6.00. The summed E-state index contributed by atoms with van der Waals surface area (Å²) in [5.41, 5.74) is 6.02. The smallest absolute Gasteiger partial charge is 0.310 e. The van der Waals surface area contributed by atoms with Crippen LogP contribution in [0.1, 0.15) is 30.9 Å². The number of pyridine rings is 1. The van der Waals surface area contributed by atoms with E-state index in [0.29, 0.717) is 19.4 Å². The van der Waals surface area contributed by atoms with Gasteiger partial charge in [-0.15, -0.1) is 0 Å². The van der Waals surface area contributed by atoms with E-state index >= 15 is 8.78 Å². The minimum Gasteiger partial charge on any atom is -0.504 e. The highest BCUT2D eigenvalue weighted by Gasteiger charge is 2.33. The number of nitrogens with zero attached hydrogens (tertiary/aromatic N) is 4. The zero-order chi connectivity index (χ0) is 30.7. The van der Waals surface area contributed by atoms with Gasteiger partial charge in [0.05, 0.1) is 19.1 Å². The number of ether oxygens (including phenoxy) is 3. The van der Waals surface area contributed by atoms with Gasteiger partial charge in [0.15, 0.2) is 11.5 Å². The molecule has 1 saturated heterocycles. The molecule has 1 aromatic heterocycles. The second-order valence-corrected chi connectivity index (χ2v) is 10.2. The number of hydrogen-bond acceptors (Lipinski definition) is 10. The molecule has 0 saturated carbocycles. The Hall–Kier alpha value is -4.94. The molecular formula is C30H32F2N6O5. The average Bonchev–Trinajstić information content (AvgIpc) is 3.43. The first-order chi connectivity index (χ1) is 20.7. The molecule has 0 aliphatic carbocycles. The molecule has 1 fully saturated rings. The third-order valence-electron chi connectivity index (χ3n) is 7.19. The minimum atomic E-state index is -1.15. The van der Waals surface area contributed by atoms with Crippen molar-refractivity contribution in [3.05, 3.63) is 65.2 Å². The maximum absolute atomic E-state index is 16.1. The SMILES string of the molecule is CCOC(=O)C1CCCN(c2c(F)c(Oc3cccc(C4=NCCN4C)c3)nc(Oc3cc(C(=N)N)ccc3O)c2F)C1. The fraction of sp³-hybridized carbons (Fsp3) is 0.333. The highest BCUT2D eigenvalue weighted by Crippen LogP contribution is 2.41. The molecule has 2 aromatic carbocycles. The number of rotatable bonds is 9. The number of halogens is 2. The number of nitrogens with two attached hydrogens (primary N) is 1. The summed E-state index contributed by atoms with van der Waals surface area (Å²) in [5, 5.41) is 18.1. The number of carbonyl (C=O) groups is 1. The molecule has 5 rings (SSSR count). The number of piperidine rings is 1. The number of carbonyl (C=O) groups excluding carboxylic acids is 1. The molecule has 0 radical (unpaired) electrons. The van der Waals surface area contributed by atoms with Crippen LogP contribution in [0.15, 0.2) is 47.5 Å². The number of phenols is 1. The monoisotopic (exact) mass is 594 g/mol. The van der Waals surface area contributed by atoms with Gasteiger partial charge in [0.1, 0.15) is 23.1 Å². The Bertz CT molecular complexity index is 1580. The van der Waals surface area contributed by atoms with Gasteiger partial charge in [-0.05, 0) is 50.1 Å². The van der Waals surface area contributed by atoms with Crippen LogP contribution in [0.25, 0.3) is 0 Å². The summed E-state index contributed by atoms with van der Waals surface area (Å²) in [4.78, 5) is 24.4. The van der Waals surface area contributed by atoms with Crippen LogP contribution in [0.5, 0.6) is 29.0 Å². The molecule has 2 aliphatic rings. The lowest BCUT2D eigenvalue weighted by molar-refractivity contribution is -0.148. The van der Waals surface area contributed by atoms with E-state index in [0.717, 1.165) is 17.9 Å². The van der Waals surface area contributed by atoms with Gasteiger partial charge in [0, 0.05) is 37.8 Å². The minimum absolute atomic E-state index is 0.00226. The van der Waals surface area contributed by atoms with Crippen LogP contribution in [0, 0.1) is 23.0 Å². The number of likely N-dealkylation sites (N-methyl/N-ethyl adjacent to an activating group) is 1. The van der Waals surface area contributed by atoms with Crippen LogP contribution in [0.4, 0.5) is 14.5 Å². The summed E-state index contributed by atoms with van der Waals surface area (Å²) in [5.74, 6) is -4.51. The molecule has 0 bridgehead atoms. The van der Waals surface area contributed by atoms with Crippen molar-refractivity contribution in [3.8, 4) is 29.0 Å². The van der Waals surface area contributed by atoms with E-state index in [1.807, 2.05) is 18.0 Å². The number of phenolic OH excluding ortho intramolecular Hbond substituents is 1. The first-order valence-corrected chi connectivity index (χ1v) is 13.9. The molecule has 3 aromatic rings. The second-order valence-electron chi connectivity index (χ2n) is 10.2. The van der Waals surface area contributed by atoms with Gasteiger partial charge in [0.25, 0.3) is 11.8 Å². The van der Waals surface area contributed by atoms with Gasteiger partial charge >= 0.3 is 5.97 Å². The third kappa shape index (κ3) is 6.30. The summed E-state index contributed by atoms with van der Waals surface area (Å²) >= 11 is 0. The number of benzene rings is 2. The molecule has 3 heterocycles. The number of esters is 1. The second kappa shape index (κ2) is 12.5. The summed E-state index contributed by atoms with van der Waals surface area (Å²) in [6.07, 6.45) is 0.989. The van der Waals surface area contributed by atoms with Crippen molar-refractivity contribution >= 4 is 23.3 Å². The van der Waals surface area contributed by atoms with Gasteiger partial charge < -0.3 is 34.9 Å². The Morgan fingerprint density at radius 2 is 1.91 bits per heavy atom. The number of amidine groups is 2. The number of anilines is 1. The molecule has 1 atom stereocenters. The van der Waals surface area contributed by atoms with Crippen LogP contribution in [0.3, 0.4) is 0 Å². The van der Waals surface area contributed by atoms with Crippen molar-refractivity contribution in [2.24, 2.45) is 16.6 Å². The van der Waals surface area contributed by atoms with E-state index in [4.69, 9.17) is 25.4 Å². The molecule has 13 heteroatoms. The zero-order valence-electron chi connectivity index (χ0n) is 23.8. The third-order valence-corrected chi connectivity index (χ3v) is 7.19. The maximum atomic E-state index is 16.1. The highest BCUT2D eigenvalue weighted by atomic mass is 19.1. The standard InChI is InChI=1S/C30H32F2N6O5/c1-3-41-30(40)19-7-5-12-38(16-19)25-23(31)28(42-20-8-4-6-18(14-20)27-35-11-13-37(27)2)36-29(24(25)32)43-22-15-17(26(33)34)9-10-21(22)39/h4,6,8-10,14-15,19,39H,3,5,7,11-13,16H2,1-2H3,(H3,33,34). The predicted molar refractivity (Wildman–Crippen MR) is 155 cm³/mol. The van der Waals surface area contributed by atoms with Crippen LogP contribution in [-0.4, -0.2) is 72.5 Å². The lowest BCUT2D eigenvalue weighted by atomic mass is 9.97. The lowest BCUT2D eigenvalue weighted by Crippen LogP contribution is -2.40. The van der Waals surface area contributed by atoms with Crippen LogP contribution in [-0.2, 0) is 9.53 Å². The number of nitrogens with one attached hydrogen (secondary N) is 1. The first-order valence-electron chi connectivity index (χ1n) is 13.9. The summed E-state index contributed by atoms with van der Waals surface area (Å²) in [6.45, 7) is 3.54. The van der Waals surface area contributed by atoms with Gasteiger partial charge in [-0.1, -0.05) is 12.1 Å². The van der Waals surface area contributed by atoms with Crippen molar-refractivity contribution < 1.29 is 32.9 Å². The largest absolute Gasteiger partial charge is 0.504 e. The topological polar surface area (TPSA) is 147 Å². The zero-order valence-corrected chi connectivity index (χ0v) is 23.8. The van der Waals surface area contributed by atoms with Gasteiger partial charge in [-0.25, -0.2) is 0 Å². The van der Waals surface area contributed by atoms with E-state index in [1.165, 1.54) is 23.1 Å². The van der Waals surface area contributed by atoms with E-state index in [9.17, 15) is 9.90 Å². The van der Waals surface area contributed by atoms with Gasteiger partial charge in [-0.3, -0.25) is 15.2 Å². The average molecular weight is 595 g/mol. The van der Waals surface area contributed by atoms with E-state index in [1.54, 1.807) is 25.1 Å². The number of nitrogen functional groups attached to an aromatic ring is 1. The summed E-state index contributed by atoms with van der Waals surface area (Å²) < 4.78 is 48.9. The Morgan fingerprint density at radius 1 is 1.14 bits per heavy atom. The Kier molecular flexibility index (Phi) is 8.60. The molecule has 11 nitrogen and oxygen atoms in total. The molecule has 1 unspecified atom stereocenters. The Balaban J connectivity index is 1.56. The van der Waals surface area contributed by atoms with Crippen LogP contribution >= 0.6 is 0 Å². The fourth-order valence-electron chi connectivity index (χ4n) is 5.06. The molecule has 4 N–H and O–H groups in total. The molecule has 43 heavy (non-hydrogen) atoms. The van der Waals surface area contributed by atoms with Crippen molar-refractivity contribution in [3.63, 3.8) is 0 Å². The number of aliphatic imine (C=N–C) groups is 1. The normalized spacial score (nSPS) is 16.6. The van der Waals surface area contributed by atoms with E-state index in [-0.39, 0.29) is 48.3 Å². The molecular weight excluding hydrogens is 562 g/mol. The van der Waals surface area contributed by atoms with Crippen LogP contribution < -0.4 is 20.1 Å². The summed E-state index contributed by atoms with van der Waals surface area (Å²) in [7, 11) is 1.91. The van der Waals surface area contributed by atoms with E-state index < -0.39 is 41.0 Å². The van der Waals surface area contributed by atoms with E-state index in [2.05, 4.69) is 9.98 Å². The lowest BCUT2D eigenvalue weighted by Gasteiger charge is -2.33. The first kappa shape index (κ1) is 29.5. The molecule has 2 aliphatic heterocycles. The molecule has 226 valence electrons. The van der Waals surface area contributed by atoms with Gasteiger partial charge in [-0.2, -0.15) is 13.8 Å².